The molecule has 0 amide bonds. The van der Waals surface area contributed by atoms with Gasteiger partial charge in [0, 0.05) is 19.2 Å². The number of halogens is 1. The van der Waals surface area contributed by atoms with Gasteiger partial charge in [-0.2, -0.15) is 0 Å². The topological polar surface area (TPSA) is 55.9 Å². The number of nitrogens with one attached hydrogen (secondary N) is 1. The molecule has 1 heterocycles. The third-order valence-electron chi connectivity index (χ3n) is 6.14. The number of carbonyl (C=O) groups excluding carboxylic acids is 1. The maximum Gasteiger partial charge on any atom is 0.305 e. The molecule has 0 saturated heterocycles. The average molecular weight is 432 g/mol. The van der Waals surface area contributed by atoms with Gasteiger partial charge in [0.15, 0.2) is 0 Å². The van der Waals surface area contributed by atoms with Crippen molar-refractivity contribution in [3.8, 4) is 0 Å². The van der Waals surface area contributed by atoms with Crippen molar-refractivity contribution in [2.45, 2.75) is 77.1 Å². The third-order valence-corrected chi connectivity index (χ3v) is 6.14. The van der Waals surface area contributed by atoms with E-state index in [-0.39, 0.29) is 18.4 Å². The number of carbonyl (C=O) groups is 1. The highest BCUT2D eigenvalue weighted by molar-refractivity contribution is 5.69. The fraction of sp³-hybridized carbons (Fsp3) is 0.560. The molecule has 2 aromatic rings. The van der Waals surface area contributed by atoms with Crippen LogP contribution in [0.15, 0.2) is 42.6 Å². The maximum atomic E-state index is 13.6. The molecular weight excluding hydrogens is 395 g/mol. The molecule has 0 radical (unpaired) electrons. The fourth-order valence-electron chi connectivity index (χ4n) is 4.55. The molecule has 3 rings (SSSR count). The Morgan fingerprint density at radius 3 is 2.81 bits per heavy atom. The first-order valence-electron chi connectivity index (χ1n) is 11.6. The number of benzene rings is 1. The van der Waals surface area contributed by atoms with Gasteiger partial charge in [-0.25, -0.2) is 4.39 Å². The molecule has 6 heteroatoms. The van der Waals surface area contributed by atoms with E-state index >= 15 is 0 Å². The number of ether oxygens (including phenoxy) is 1. The minimum absolute atomic E-state index is 0.0549. The second-order valence-corrected chi connectivity index (χ2v) is 8.72. The van der Waals surface area contributed by atoms with Crippen molar-refractivity contribution >= 4 is 5.97 Å². The number of aromatic nitrogens is 1. The van der Waals surface area contributed by atoms with E-state index in [4.69, 9.17) is 4.74 Å². The molecule has 1 unspecified atom stereocenters. The number of hydrogen-bond acceptors (Lipinski definition) is 3. The third kappa shape index (κ3) is 7.47. The lowest BCUT2D eigenvalue weighted by Gasteiger charge is -2.33. The Balaban J connectivity index is 1.66. The van der Waals surface area contributed by atoms with E-state index in [1.54, 1.807) is 12.1 Å². The van der Waals surface area contributed by atoms with E-state index in [0.717, 1.165) is 31.4 Å². The number of nitrogens with zero attached hydrogens (tertiary/aromatic N) is 1. The Kier molecular flexibility index (Phi) is 9.10. The van der Waals surface area contributed by atoms with Crippen molar-refractivity contribution in [1.82, 2.24) is 4.57 Å². The standard InChI is InChI=1S/C25H35FN2O3/c1-2-8-25(30)31-19-24(29)18-28(22-11-4-3-5-12-22)17-23-13-7-14-27(23)16-20-9-6-10-21(26)15-20/h6-7,9-10,13-15,22,24,29H,2-5,8,11-12,16-19H2,1H3/p+1/t24-/m1/s1. The molecule has 1 saturated carbocycles. The van der Waals surface area contributed by atoms with E-state index in [2.05, 4.69) is 10.6 Å². The average Bonchev–Trinajstić information content (AvgIpc) is 3.19. The predicted molar refractivity (Wildman–Crippen MR) is 118 cm³/mol. The lowest BCUT2D eigenvalue weighted by Crippen LogP contribution is -3.15. The van der Waals surface area contributed by atoms with Crippen molar-refractivity contribution < 1.29 is 23.9 Å². The summed E-state index contributed by atoms with van der Waals surface area (Å²) < 4.78 is 21.0. The van der Waals surface area contributed by atoms with Crippen LogP contribution in [0.3, 0.4) is 0 Å². The Bertz CT molecular complexity index is 817. The van der Waals surface area contributed by atoms with Crippen molar-refractivity contribution in [3.63, 3.8) is 0 Å². The zero-order chi connectivity index (χ0) is 22.1. The van der Waals surface area contributed by atoms with Crippen molar-refractivity contribution in [2.75, 3.05) is 13.2 Å². The molecule has 2 atom stereocenters. The Morgan fingerprint density at radius 2 is 2.06 bits per heavy atom. The Labute approximate surface area is 184 Å². The molecule has 1 fully saturated rings. The van der Waals surface area contributed by atoms with Gasteiger partial charge >= 0.3 is 5.97 Å². The monoisotopic (exact) mass is 431 g/mol. The summed E-state index contributed by atoms with van der Waals surface area (Å²) >= 11 is 0. The normalized spacial score (nSPS) is 16.7. The molecule has 1 aromatic heterocycles. The first-order valence-corrected chi connectivity index (χ1v) is 11.6. The van der Waals surface area contributed by atoms with Gasteiger partial charge in [-0.15, -0.1) is 0 Å². The van der Waals surface area contributed by atoms with E-state index < -0.39 is 6.10 Å². The smallest absolute Gasteiger partial charge is 0.305 e. The van der Waals surface area contributed by atoms with Gasteiger partial charge in [0.05, 0.1) is 11.7 Å². The van der Waals surface area contributed by atoms with Crippen LogP contribution in [0.5, 0.6) is 0 Å². The minimum Gasteiger partial charge on any atom is -0.463 e. The summed E-state index contributed by atoms with van der Waals surface area (Å²) in [6, 6.07) is 11.3. The van der Waals surface area contributed by atoms with E-state index in [1.165, 1.54) is 35.9 Å². The Hall–Kier alpha value is -2.18. The molecule has 1 aromatic carbocycles. The van der Waals surface area contributed by atoms with Crippen LogP contribution >= 0.6 is 0 Å². The number of hydrogen-bond donors (Lipinski definition) is 2. The molecule has 0 bridgehead atoms. The molecule has 1 aliphatic carbocycles. The number of aliphatic hydroxyl groups excluding tert-OH is 1. The fourth-order valence-corrected chi connectivity index (χ4v) is 4.55. The number of esters is 1. The molecule has 2 N–H and O–H groups in total. The lowest BCUT2D eigenvalue weighted by atomic mass is 9.94. The number of quaternary nitrogens is 1. The molecule has 5 nitrogen and oxygen atoms in total. The van der Waals surface area contributed by atoms with Crippen LogP contribution in [0.2, 0.25) is 0 Å². The minimum atomic E-state index is -0.677. The quantitative estimate of drug-likeness (QED) is 0.538. The van der Waals surface area contributed by atoms with E-state index in [0.29, 0.717) is 25.6 Å². The van der Waals surface area contributed by atoms with Crippen LogP contribution in [0.25, 0.3) is 0 Å². The summed E-state index contributed by atoms with van der Waals surface area (Å²) in [5, 5.41) is 10.6. The van der Waals surface area contributed by atoms with Crippen molar-refractivity contribution in [2.24, 2.45) is 0 Å². The molecule has 1 aliphatic rings. The van der Waals surface area contributed by atoms with Crippen molar-refractivity contribution in [3.05, 3.63) is 59.7 Å². The largest absolute Gasteiger partial charge is 0.463 e. The summed E-state index contributed by atoms with van der Waals surface area (Å²) in [5.41, 5.74) is 2.10. The van der Waals surface area contributed by atoms with Crippen LogP contribution in [0.1, 0.15) is 63.1 Å². The van der Waals surface area contributed by atoms with E-state index in [1.807, 2.05) is 25.3 Å². The lowest BCUT2D eigenvalue weighted by molar-refractivity contribution is -0.943. The van der Waals surface area contributed by atoms with Crippen LogP contribution in [0.4, 0.5) is 4.39 Å². The highest BCUT2D eigenvalue weighted by atomic mass is 19.1. The maximum absolute atomic E-state index is 13.6. The molecule has 0 aliphatic heterocycles. The highest BCUT2D eigenvalue weighted by Crippen LogP contribution is 2.16. The zero-order valence-corrected chi connectivity index (χ0v) is 18.6. The van der Waals surface area contributed by atoms with Gasteiger partial charge in [0.2, 0.25) is 0 Å². The van der Waals surface area contributed by atoms with Gasteiger partial charge in [0.25, 0.3) is 0 Å². The Morgan fingerprint density at radius 1 is 1.26 bits per heavy atom. The summed E-state index contributed by atoms with van der Waals surface area (Å²) in [7, 11) is 0. The number of rotatable bonds is 11. The van der Waals surface area contributed by atoms with Gasteiger partial charge in [-0.05, 0) is 61.9 Å². The SMILES string of the molecule is CCCC(=O)OC[C@H](O)C[NH+](Cc1cccn1Cc1cccc(F)c1)C1CCCCC1. The van der Waals surface area contributed by atoms with Gasteiger partial charge in [0.1, 0.15) is 31.6 Å². The van der Waals surface area contributed by atoms with E-state index in [9.17, 15) is 14.3 Å². The predicted octanol–water partition coefficient (Wildman–Crippen LogP) is 3.10. The van der Waals surface area contributed by atoms with Crippen LogP contribution in [0, 0.1) is 5.82 Å². The summed E-state index contributed by atoms with van der Waals surface area (Å²) in [6.45, 7) is 3.95. The number of aliphatic hydroxyl groups is 1. The van der Waals surface area contributed by atoms with Crippen molar-refractivity contribution in [1.29, 1.82) is 0 Å². The van der Waals surface area contributed by atoms with Crippen LogP contribution < -0.4 is 4.90 Å². The summed E-state index contributed by atoms with van der Waals surface area (Å²) in [5.74, 6) is -0.467. The van der Waals surface area contributed by atoms with Gasteiger partial charge in [-0.1, -0.05) is 25.5 Å². The summed E-state index contributed by atoms with van der Waals surface area (Å²) in [4.78, 5) is 13.0. The van der Waals surface area contributed by atoms with Crippen LogP contribution in [-0.4, -0.2) is 40.9 Å². The first-order chi connectivity index (χ1) is 15.0. The molecular formula is C25H36FN2O3+. The second-order valence-electron chi connectivity index (χ2n) is 8.72. The van der Waals surface area contributed by atoms with Crippen LogP contribution in [-0.2, 0) is 22.6 Å². The zero-order valence-electron chi connectivity index (χ0n) is 18.6. The molecule has 0 spiro atoms. The first kappa shape index (κ1) is 23.5. The molecule has 170 valence electrons. The molecule has 31 heavy (non-hydrogen) atoms. The van der Waals surface area contributed by atoms with Gasteiger partial charge < -0.3 is 19.3 Å². The second kappa shape index (κ2) is 12.0. The van der Waals surface area contributed by atoms with Gasteiger partial charge in [-0.3, -0.25) is 4.79 Å². The highest BCUT2D eigenvalue weighted by Gasteiger charge is 2.28. The summed E-state index contributed by atoms with van der Waals surface area (Å²) in [6.07, 6.45) is 8.52.